The first-order chi connectivity index (χ1) is 12.7. The number of rotatable bonds is 7. The van der Waals surface area contributed by atoms with E-state index in [1.54, 1.807) is 35.5 Å². The highest BCUT2D eigenvalue weighted by molar-refractivity contribution is 5.73. The minimum Gasteiger partial charge on any atom is -0.334 e. The minimum atomic E-state index is -0.204. The lowest BCUT2D eigenvalue weighted by Gasteiger charge is -2.18. The molecule has 0 saturated carbocycles. The molecule has 0 bridgehead atoms. The number of nitrogens with zero attached hydrogens (tertiary/aromatic N) is 8. The number of hydrogen-bond donors (Lipinski definition) is 1. The van der Waals surface area contributed by atoms with Crippen molar-refractivity contribution in [3.05, 3.63) is 48.7 Å². The van der Waals surface area contributed by atoms with Crippen LogP contribution in [0, 0.1) is 0 Å². The van der Waals surface area contributed by atoms with Crippen molar-refractivity contribution in [2.24, 2.45) is 0 Å². The molecule has 0 fully saturated rings. The molecule has 0 aliphatic heterocycles. The Kier molecular flexibility index (Phi) is 5.52. The molecular weight excluding hydrogens is 334 g/mol. The molecule has 0 radical (unpaired) electrons. The van der Waals surface area contributed by atoms with Gasteiger partial charge in [-0.25, -0.2) is 19.4 Å². The van der Waals surface area contributed by atoms with Gasteiger partial charge in [-0.2, -0.15) is 5.10 Å². The van der Waals surface area contributed by atoms with Crippen LogP contribution >= 0.6 is 0 Å². The molecule has 3 rings (SSSR count). The van der Waals surface area contributed by atoms with Crippen molar-refractivity contribution in [2.75, 3.05) is 7.05 Å². The zero-order valence-electron chi connectivity index (χ0n) is 14.8. The fourth-order valence-electron chi connectivity index (χ4n) is 2.51. The van der Waals surface area contributed by atoms with Crippen molar-refractivity contribution < 1.29 is 4.79 Å². The third kappa shape index (κ3) is 4.02. The van der Waals surface area contributed by atoms with Crippen LogP contribution < -0.4 is 5.32 Å². The van der Waals surface area contributed by atoms with Crippen molar-refractivity contribution in [2.45, 2.75) is 33.0 Å². The van der Waals surface area contributed by atoms with Crippen molar-refractivity contribution >= 4 is 6.03 Å². The molecular formula is C16H21N9O. The fraction of sp³-hybridized carbons (Fsp3) is 0.375. The highest BCUT2D eigenvalue weighted by Gasteiger charge is 2.14. The van der Waals surface area contributed by atoms with E-state index in [9.17, 15) is 4.79 Å². The van der Waals surface area contributed by atoms with Gasteiger partial charge in [-0.1, -0.05) is 13.0 Å². The summed E-state index contributed by atoms with van der Waals surface area (Å²) in [5, 5.41) is 15.0. The number of pyridine rings is 1. The molecule has 0 aliphatic rings. The average molecular weight is 355 g/mol. The summed E-state index contributed by atoms with van der Waals surface area (Å²) < 4.78 is 3.52. The number of hydrogen-bond acceptors (Lipinski definition) is 6. The second-order valence-electron chi connectivity index (χ2n) is 5.78. The molecule has 0 aliphatic carbocycles. The zero-order chi connectivity index (χ0) is 18.4. The molecule has 0 aromatic carbocycles. The van der Waals surface area contributed by atoms with Gasteiger partial charge in [0.15, 0.2) is 11.6 Å². The van der Waals surface area contributed by atoms with Gasteiger partial charge < -0.3 is 14.8 Å². The van der Waals surface area contributed by atoms with E-state index in [4.69, 9.17) is 0 Å². The summed E-state index contributed by atoms with van der Waals surface area (Å²) >= 11 is 0. The maximum Gasteiger partial charge on any atom is 0.317 e. The number of urea groups is 1. The Labute approximate surface area is 150 Å². The number of nitrogens with one attached hydrogen (secondary N) is 1. The van der Waals surface area contributed by atoms with E-state index in [1.165, 1.54) is 6.33 Å². The second kappa shape index (κ2) is 8.19. The Morgan fingerprint density at radius 3 is 3.00 bits per heavy atom. The Morgan fingerprint density at radius 2 is 2.23 bits per heavy atom. The van der Waals surface area contributed by atoms with Crippen molar-refractivity contribution in [1.29, 1.82) is 0 Å². The third-order valence-electron chi connectivity index (χ3n) is 3.82. The summed E-state index contributed by atoms with van der Waals surface area (Å²) in [6.45, 7) is 3.62. The Bertz CT molecular complexity index is 843. The van der Waals surface area contributed by atoms with E-state index in [0.29, 0.717) is 18.9 Å². The van der Waals surface area contributed by atoms with Gasteiger partial charge in [0, 0.05) is 31.9 Å². The standard InChI is InChI=1S/C16H21N9O/c1-3-7-24-12-20-22-14(24)9-23(2)16(26)19-8-13-5-4-6-18-15(13)25-11-17-10-21-25/h4-6,10-12H,3,7-9H2,1-2H3,(H,19,26). The maximum atomic E-state index is 12.4. The van der Waals surface area contributed by atoms with Gasteiger partial charge in [0.05, 0.1) is 6.54 Å². The molecule has 136 valence electrons. The predicted molar refractivity (Wildman–Crippen MR) is 93.2 cm³/mol. The summed E-state index contributed by atoms with van der Waals surface area (Å²) in [6, 6.07) is 3.51. The number of aromatic nitrogens is 7. The highest BCUT2D eigenvalue weighted by atomic mass is 16.2. The Hall–Kier alpha value is -3.30. The van der Waals surface area contributed by atoms with Crippen LogP contribution in [0.3, 0.4) is 0 Å². The topological polar surface area (TPSA) is 107 Å². The zero-order valence-corrected chi connectivity index (χ0v) is 14.8. The first-order valence-electron chi connectivity index (χ1n) is 8.33. The summed E-state index contributed by atoms with van der Waals surface area (Å²) in [5.41, 5.74) is 0.842. The molecule has 10 heteroatoms. The molecule has 3 aromatic heterocycles. The largest absolute Gasteiger partial charge is 0.334 e. The van der Waals surface area contributed by atoms with Gasteiger partial charge in [-0.3, -0.25) is 0 Å². The normalized spacial score (nSPS) is 10.7. The summed E-state index contributed by atoms with van der Waals surface area (Å²) in [5.74, 6) is 1.39. The van der Waals surface area contributed by atoms with E-state index in [1.807, 2.05) is 16.7 Å². The van der Waals surface area contributed by atoms with E-state index in [2.05, 4.69) is 37.5 Å². The van der Waals surface area contributed by atoms with E-state index < -0.39 is 0 Å². The molecule has 0 spiro atoms. The van der Waals surface area contributed by atoms with Gasteiger partial charge in [-0.15, -0.1) is 10.2 Å². The molecule has 1 N–H and O–H groups in total. The molecule has 0 saturated heterocycles. The van der Waals surface area contributed by atoms with Crippen molar-refractivity contribution in [1.82, 2.24) is 44.7 Å². The first-order valence-corrected chi connectivity index (χ1v) is 8.33. The lowest BCUT2D eigenvalue weighted by molar-refractivity contribution is 0.204. The van der Waals surface area contributed by atoms with Gasteiger partial charge in [0.2, 0.25) is 0 Å². The Balaban J connectivity index is 1.61. The number of carbonyl (C=O) groups excluding carboxylic acids is 1. The second-order valence-corrected chi connectivity index (χ2v) is 5.78. The molecule has 3 heterocycles. The fourth-order valence-corrected chi connectivity index (χ4v) is 2.51. The minimum absolute atomic E-state index is 0.204. The number of aryl methyl sites for hydroxylation is 1. The van der Waals surface area contributed by atoms with Gasteiger partial charge in [0.1, 0.15) is 19.0 Å². The highest BCUT2D eigenvalue weighted by Crippen LogP contribution is 2.09. The maximum absolute atomic E-state index is 12.4. The summed E-state index contributed by atoms with van der Waals surface area (Å²) in [4.78, 5) is 22.2. The predicted octanol–water partition coefficient (Wildman–Crippen LogP) is 1.01. The van der Waals surface area contributed by atoms with Crippen LogP contribution in [0.2, 0.25) is 0 Å². The van der Waals surface area contributed by atoms with Crippen LogP contribution in [-0.2, 0) is 19.6 Å². The summed E-state index contributed by atoms with van der Waals surface area (Å²) in [6.07, 6.45) is 7.35. The lowest BCUT2D eigenvalue weighted by Crippen LogP contribution is -2.37. The van der Waals surface area contributed by atoms with Crippen LogP contribution in [0.15, 0.2) is 37.3 Å². The molecule has 0 atom stereocenters. The smallest absolute Gasteiger partial charge is 0.317 e. The molecule has 10 nitrogen and oxygen atoms in total. The number of carbonyl (C=O) groups is 1. The van der Waals surface area contributed by atoms with Crippen LogP contribution in [-0.4, -0.2) is 52.5 Å². The van der Waals surface area contributed by atoms with E-state index in [-0.39, 0.29) is 6.03 Å². The molecule has 0 unspecified atom stereocenters. The third-order valence-corrected chi connectivity index (χ3v) is 3.82. The molecule has 26 heavy (non-hydrogen) atoms. The molecule has 3 aromatic rings. The monoisotopic (exact) mass is 355 g/mol. The molecule has 2 amide bonds. The van der Waals surface area contributed by atoms with E-state index in [0.717, 1.165) is 24.4 Å². The van der Waals surface area contributed by atoms with Crippen LogP contribution in [0.4, 0.5) is 4.79 Å². The average Bonchev–Trinajstić information content (AvgIpc) is 3.33. The van der Waals surface area contributed by atoms with Crippen LogP contribution in [0.5, 0.6) is 0 Å². The summed E-state index contributed by atoms with van der Waals surface area (Å²) in [7, 11) is 1.72. The lowest BCUT2D eigenvalue weighted by atomic mass is 10.2. The SMILES string of the molecule is CCCn1cnnc1CN(C)C(=O)NCc1cccnc1-n1cncn1. The Morgan fingerprint density at radius 1 is 1.35 bits per heavy atom. The van der Waals surface area contributed by atoms with Crippen molar-refractivity contribution in [3.8, 4) is 5.82 Å². The first kappa shape index (κ1) is 17.5. The van der Waals surface area contributed by atoms with Crippen molar-refractivity contribution in [3.63, 3.8) is 0 Å². The van der Waals surface area contributed by atoms with Crippen LogP contribution in [0.25, 0.3) is 5.82 Å². The van der Waals surface area contributed by atoms with Crippen LogP contribution in [0.1, 0.15) is 24.7 Å². The van der Waals surface area contributed by atoms with Gasteiger partial charge in [0.25, 0.3) is 0 Å². The van der Waals surface area contributed by atoms with E-state index >= 15 is 0 Å². The quantitative estimate of drug-likeness (QED) is 0.678. The van der Waals surface area contributed by atoms with Gasteiger partial charge in [-0.05, 0) is 12.5 Å². The number of amides is 2. The van der Waals surface area contributed by atoms with Gasteiger partial charge >= 0.3 is 6.03 Å².